The van der Waals surface area contributed by atoms with Gasteiger partial charge >= 0.3 is 6.09 Å². The van der Waals surface area contributed by atoms with Crippen LogP contribution in [0.5, 0.6) is 0 Å². The topological polar surface area (TPSA) is 29.5 Å². The smallest absolute Gasteiger partial charge is 0.411 e. The van der Waals surface area contributed by atoms with Crippen LogP contribution < -0.4 is 0 Å². The van der Waals surface area contributed by atoms with Gasteiger partial charge in [-0.05, 0) is 66.2 Å². The maximum atomic E-state index is 13.1. The molecule has 0 rings (SSSR count). The Balaban J connectivity index is 6.02. The van der Waals surface area contributed by atoms with Crippen molar-refractivity contribution in [1.29, 1.82) is 0 Å². The summed E-state index contributed by atoms with van der Waals surface area (Å²) in [4.78, 5) is 15.0. The Hall–Kier alpha value is -1.25. The summed E-state index contributed by atoms with van der Waals surface area (Å²) in [7, 11) is 0. The molecule has 0 aliphatic rings. The van der Waals surface area contributed by atoms with Crippen LogP contribution in [0.2, 0.25) is 0 Å². The Morgan fingerprint density at radius 2 is 1.72 bits per heavy atom. The molecule has 0 bridgehead atoms. The van der Waals surface area contributed by atoms with E-state index in [0.717, 1.165) is 24.8 Å². The van der Waals surface area contributed by atoms with E-state index in [0.29, 0.717) is 11.8 Å². The summed E-state index contributed by atoms with van der Waals surface area (Å²) < 4.78 is 5.76. The highest BCUT2D eigenvalue weighted by atomic mass is 16.6. The van der Waals surface area contributed by atoms with E-state index in [-0.39, 0.29) is 12.1 Å². The van der Waals surface area contributed by atoms with Gasteiger partial charge in [-0.2, -0.15) is 0 Å². The van der Waals surface area contributed by atoms with Gasteiger partial charge in [0, 0.05) is 6.04 Å². The second-order valence-corrected chi connectivity index (χ2v) is 8.77. The SMILES string of the molecule is C=CC(C)(C)N(C(=O)OC(C)(C)C)C(CC)C(CCC)C(C)C(=C)C. The quantitative estimate of drug-likeness (QED) is 0.438. The van der Waals surface area contributed by atoms with E-state index in [1.165, 1.54) is 0 Å². The predicted octanol–water partition coefficient (Wildman–Crippen LogP) is 6.60. The number of ether oxygens (including phenoxy) is 1. The van der Waals surface area contributed by atoms with Crippen molar-refractivity contribution in [2.24, 2.45) is 11.8 Å². The molecule has 3 unspecified atom stereocenters. The van der Waals surface area contributed by atoms with Gasteiger partial charge in [-0.15, -0.1) is 6.58 Å². The molecule has 0 radical (unpaired) electrons. The van der Waals surface area contributed by atoms with Crippen LogP contribution in [0.15, 0.2) is 24.8 Å². The zero-order valence-electron chi connectivity index (χ0n) is 18.1. The molecule has 1 amide bonds. The summed E-state index contributed by atoms with van der Waals surface area (Å²) in [5.41, 5.74) is 0.159. The van der Waals surface area contributed by atoms with Crippen LogP contribution in [0.3, 0.4) is 0 Å². The molecule has 0 aliphatic heterocycles. The van der Waals surface area contributed by atoms with Gasteiger partial charge in [0.2, 0.25) is 0 Å². The van der Waals surface area contributed by atoms with Crippen LogP contribution >= 0.6 is 0 Å². The van der Waals surface area contributed by atoms with E-state index in [1.54, 1.807) is 0 Å². The summed E-state index contributed by atoms with van der Waals surface area (Å²) in [6.07, 6.45) is 4.58. The van der Waals surface area contributed by atoms with Crippen LogP contribution in [0.4, 0.5) is 4.79 Å². The molecule has 0 aromatic heterocycles. The minimum atomic E-state index is -0.523. The average molecular weight is 352 g/mol. The standard InChI is InChI=1S/C22H41NO2/c1-12-15-18(17(6)16(4)5)19(13-2)23(22(10,11)14-3)20(24)25-21(7,8)9/h14,17-19H,3-4,12-13,15H2,1-2,5-11H3. The summed E-state index contributed by atoms with van der Waals surface area (Å²) >= 11 is 0. The van der Waals surface area contributed by atoms with E-state index < -0.39 is 11.1 Å². The van der Waals surface area contributed by atoms with E-state index in [4.69, 9.17) is 4.74 Å². The highest BCUT2D eigenvalue weighted by molar-refractivity contribution is 5.70. The number of rotatable bonds is 9. The van der Waals surface area contributed by atoms with Gasteiger partial charge in [0.25, 0.3) is 0 Å². The molecule has 0 aliphatic carbocycles. The molecular weight excluding hydrogens is 310 g/mol. The number of carbonyl (C=O) groups is 1. The van der Waals surface area contributed by atoms with Crippen molar-refractivity contribution in [3.8, 4) is 0 Å². The maximum Gasteiger partial charge on any atom is 0.411 e. The largest absolute Gasteiger partial charge is 0.444 e. The second kappa shape index (κ2) is 9.45. The third kappa shape index (κ3) is 6.87. The lowest BCUT2D eigenvalue weighted by atomic mass is 9.77. The number of hydrogen-bond donors (Lipinski definition) is 0. The summed E-state index contributed by atoms with van der Waals surface area (Å²) in [5.74, 6) is 0.690. The molecule has 3 heteroatoms. The highest BCUT2D eigenvalue weighted by Gasteiger charge is 2.41. The Morgan fingerprint density at radius 3 is 2.04 bits per heavy atom. The lowest BCUT2D eigenvalue weighted by Crippen LogP contribution is -2.56. The number of amides is 1. The van der Waals surface area contributed by atoms with Crippen LogP contribution in [-0.4, -0.2) is 28.2 Å². The molecule has 0 aromatic carbocycles. The van der Waals surface area contributed by atoms with Crippen molar-refractivity contribution in [3.63, 3.8) is 0 Å². The Kier molecular flexibility index (Phi) is 8.98. The fraction of sp³-hybridized carbons (Fsp3) is 0.773. The van der Waals surface area contributed by atoms with Gasteiger partial charge in [-0.3, -0.25) is 4.90 Å². The van der Waals surface area contributed by atoms with Gasteiger partial charge in [0.05, 0.1) is 5.54 Å². The minimum absolute atomic E-state index is 0.0782. The van der Waals surface area contributed by atoms with Gasteiger partial charge in [0.15, 0.2) is 0 Å². The molecule has 0 spiro atoms. The Morgan fingerprint density at radius 1 is 1.20 bits per heavy atom. The zero-order chi connectivity index (χ0) is 20.0. The van der Waals surface area contributed by atoms with Crippen molar-refractivity contribution in [2.75, 3.05) is 0 Å². The fourth-order valence-corrected chi connectivity index (χ4v) is 3.36. The molecule has 0 saturated heterocycles. The lowest BCUT2D eigenvalue weighted by molar-refractivity contribution is -0.0163. The molecule has 0 aromatic rings. The number of nitrogens with zero attached hydrogens (tertiary/aromatic N) is 1. The van der Waals surface area contributed by atoms with Crippen LogP contribution in [-0.2, 0) is 4.74 Å². The second-order valence-electron chi connectivity index (χ2n) is 8.77. The lowest BCUT2D eigenvalue weighted by Gasteiger charge is -2.46. The van der Waals surface area contributed by atoms with Gasteiger partial charge in [0.1, 0.15) is 5.60 Å². The first-order chi connectivity index (χ1) is 11.3. The normalized spacial score (nSPS) is 15.9. The molecule has 3 nitrogen and oxygen atoms in total. The first-order valence-electron chi connectivity index (χ1n) is 9.63. The molecule has 25 heavy (non-hydrogen) atoms. The van der Waals surface area contributed by atoms with E-state index >= 15 is 0 Å². The van der Waals surface area contributed by atoms with Crippen LogP contribution in [0, 0.1) is 11.8 Å². The zero-order valence-corrected chi connectivity index (χ0v) is 18.1. The van der Waals surface area contributed by atoms with Crippen molar-refractivity contribution in [3.05, 3.63) is 24.8 Å². The van der Waals surface area contributed by atoms with E-state index in [2.05, 4.69) is 40.9 Å². The molecular formula is C22H41NO2. The third-order valence-electron chi connectivity index (χ3n) is 5.00. The van der Waals surface area contributed by atoms with Crippen molar-refractivity contribution in [2.45, 2.75) is 98.8 Å². The van der Waals surface area contributed by atoms with E-state index in [9.17, 15) is 4.79 Å². The molecule has 0 fully saturated rings. The summed E-state index contributed by atoms with van der Waals surface area (Å²) in [6, 6.07) is 0.0782. The van der Waals surface area contributed by atoms with Gasteiger partial charge < -0.3 is 4.74 Å². The fourth-order valence-electron chi connectivity index (χ4n) is 3.36. The van der Waals surface area contributed by atoms with Crippen molar-refractivity contribution >= 4 is 6.09 Å². The molecule has 0 saturated carbocycles. The highest BCUT2D eigenvalue weighted by Crippen LogP contribution is 2.35. The first kappa shape index (κ1) is 23.8. The molecule has 0 heterocycles. The third-order valence-corrected chi connectivity index (χ3v) is 5.00. The molecule has 0 N–H and O–H groups in total. The maximum absolute atomic E-state index is 13.1. The number of carbonyl (C=O) groups excluding carboxylic acids is 1. The summed E-state index contributed by atoms with van der Waals surface area (Å²) in [6.45, 7) is 26.6. The predicted molar refractivity (Wildman–Crippen MR) is 109 cm³/mol. The molecule has 146 valence electrons. The average Bonchev–Trinajstić information content (AvgIpc) is 2.47. The monoisotopic (exact) mass is 351 g/mol. The summed E-state index contributed by atoms with van der Waals surface area (Å²) in [5, 5.41) is 0. The number of hydrogen-bond acceptors (Lipinski definition) is 2. The van der Waals surface area contributed by atoms with Crippen molar-refractivity contribution < 1.29 is 9.53 Å². The first-order valence-corrected chi connectivity index (χ1v) is 9.63. The van der Waals surface area contributed by atoms with Crippen LogP contribution in [0.25, 0.3) is 0 Å². The van der Waals surface area contributed by atoms with E-state index in [1.807, 2.05) is 45.6 Å². The Labute approximate surface area is 156 Å². The van der Waals surface area contributed by atoms with Crippen molar-refractivity contribution in [1.82, 2.24) is 4.90 Å². The van der Waals surface area contributed by atoms with Crippen LogP contribution in [0.1, 0.15) is 81.6 Å². The van der Waals surface area contributed by atoms with Gasteiger partial charge in [-0.25, -0.2) is 4.79 Å². The molecule has 3 atom stereocenters. The Bertz CT molecular complexity index is 459. The number of allylic oxidation sites excluding steroid dienone is 1. The van der Waals surface area contributed by atoms with Gasteiger partial charge in [-0.1, -0.05) is 45.4 Å². The minimum Gasteiger partial charge on any atom is -0.444 e.